The fourth-order valence-corrected chi connectivity index (χ4v) is 5.60. The van der Waals surface area contributed by atoms with Crippen LogP contribution in [0, 0.1) is 6.92 Å². The summed E-state index contributed by atoms with van der Waals surface area (Å²) in [5.74, 6) is -0.282. The van der Waals surface area contributed by atoms with Crippen LogP contribution >= 0.6 is 11.8 Å². The third-order valence-electron chi connectivity index (χ3n) is 4.13. The predicted molar refractivity (Wildman–Crippen MR) is 110 cm³/mol. The molecule has 2 aromatic carbocycles. The van der Waals surface area contributed by atoms with Crippen LogP contribution in [-0.2, 0) is 10.0 Å². The van der Waals surface area contributed by atoms with Crippen LogP contribution < -0.4 is 4.74 Å². The standard InChI is InChI=1S/C20H24F3NO4S2/c1-4-11-24(13-15(3)29-17-7-10-19(25)14(2)12-17)30(26,27)18-8-5-16(6-9-18)28-20(21,22)23/h5-10,12,15,25H,4,11,13H2,1-3H3. The van der Waals surface area contributed by atoms with Crippen LogP contribution in [0.2, 0.25) is 0 Å². The first-order chi connectivity index (χ1) is 13.9. The van der Waals surface area contributed by atoms with Gasteiger partial charge in [0.25, 0.3) is 0 Å². The molecular weight excluding hydrogens is 439 g/mol. The van der Waals surface area contributed by atoms with Crippen molar-refractivity contribution in [1.29, 1.82) is 0 Å². The topological polar surface area (TPSA) is 66.8 Å². The molecule has 0 heterocycles. The van der Waals surface area contributed by atoms with E-state index < -0.39 is 22.1 Å². The lowest BCUT2D eigenvalue weighted by atomic mass is 10.2. The third-order valence-corrected chi connectivity index (χ3v) is 7.09. The lowest BCUT2D eigenvalue weighted by Gasteiger charge is -2.25. The number of hydrogen-bond donors (Lipinski definition) is 1. The first kappa shape index (κ1) is 24.4. The van der Waals surface area contributed by atoms with Crippen LogP contribution in [0.3, 0.4) is 0 Å². The Balaban J connectivity index is 2.15. The van der Waals surface area contributed by atoms with Crippen molar-refractivity contribution in [3.05, 3.63) is 48.0 Å². The molecular formula is C20H24F3NO4S2. The molecule has 0 aromatic heterocycles. The normalized spacial score (nSPS) is 13.4. The van der Waals surface area contributed by atoms with Gasteiger partial charge >= 0.3 is 6.36 Å². The van der Waals surface area contributed by atoms with Crippen LogP contribution in [0.25, 0.3) is 0 Å². The highest BCUT2D eigenvalue weighted by atomic mass is 32.2. The quantitative estimate of drug-likeness (QED) is 0.519. The van der Waals surface area contributed by atoms with Crippen molar-refractivity contribution in [2.75, 3.05) is 13.1 Å². The van der Waals surface area contributed by atoms with E-state index in [1.54, 1.807) is 19.1 Å². The van der Waals surface area contributed by atoms with E-state index in [1.165, 1.54) is 16.1 Å². The summed E-state index contributed by atoms with van der Waals surface area (Å²) in [6.07, 6.45) is -4.25. The Bertz CT molecular complexity index is 948. The van der Waals surface area contributed by atoms with Crippen molar-refractivity contribution in [1.82, 2.24) is 4.31 Å². The fraction of sp³-hybridized carbons (Fsp3) is 0.400. The van der Waals surface area contributed by atoms with Gasteiger partial charge in [0.05, 0.1) is 4.90 Å². The Morgan fingerprint density at radius 3 is 2.33 bits per heavy atom. The maximum Gasteiger partial charge on any atom is 0.573 e. The molecule has 1 atom stereocenters. The highest BCUT2D eigenvalue weighted by Crippen LogP contribution is 2.30. The zero-order chi connectivity index (χ0) is 22.5. The molecule has 10 heteroatoms. The van der Waals surface area contributed by atoms with Gasteiger partial charge in [-0.3, -0.25) is 0 Å². The molecule has 0 radical (unpaired) electrons. The molecule has 0 aliphatic heterocycles. The summed E-state index contributed by atoms with van der Waals surface area (Å²) in [5, 5.41) is 9.55. The number of rotatable bonds is 9. The number of phenolic OH excluding ortho intramolecular Hbond substituents is 1. The van der Waals surface area contributed by atoms with E-state index in [2.05, 4.69) is 4.74 Å². The summed E-state index contributed by atoms with van der Waals surface area (Å²) < 4.78 is 68.1. The van der Waals surface area contributed by atoms with Crippen molar-refractivity contribution in [3.8, 4) is 11.5 Å². The van der Waals surface area contributed by atoms with E-state index in [9.17, 15) is 26.7 Å². The Labute approximate surface area is 178 Å². The lowest BCUT2D eigenvalue weighted by Crippen LogP contribution is -2.36. The minimum atomic E-state index is -4.84. The molecule has 0 aliphatic carbocycles. The van der Waals surface area contributed by atoms with E-state index in [4.69, 9.17) is 0 Å². The smallest absolute Gasteiger partial charge is 0.508 e. The molecule has 0 aliphatic rings. The summed E-state index contributed by atoms with van der Waals surface area (Å²) in [5.41, 5.74) is 0.728. The molecule has 166 valence electrons. The maximum absolute atomic E-state index is 13.0. The van der Waals surface area contributed by atoms with Crippen LogP contribution in [0.1, 0.15) is 25.8 Å². The monoisotopic (exact) mass is 463 g/mol. The second kappa shape index (κ2) is 9.93. The number of halogens is 3. The van der Waals surface area contributed by atoms with Gasteiger partial charge in [0, 0.05) is 23.2 Å². The number of hydrogen-bond acceptors (Lipinski definition) is 5. The summed E-state index contributed by atoms with van der Waals surface area (Å²) in [6, 6.07) is 9.38. The van der Waals surface area contributed by atoms with Gasteiger partial charge in [0.2, 0.25) is 10.0 Å². The summed E-state index contributed by atoms with van der Waals surface area (Å²) in [7, 11) is -3.88. The zero-order valence-corrected chi connectivity index (χ0v) is 18.4. The van der Waals surface area contributed by atoms with Gasteiger partial charge in [-0.25, -0.2) is 8.42 Å². The van der Waals surface area contributed by atoms with Crippen molar-refractivity contribution in [3.63, 3.8) is 0 Å². The molecule has 2 aromatic rings. The molecule has 1 N–H and O–H groups in total. The third kappa shape index (κ3) is 6.82. The Morgan fingerprint density at radius 1 is 1.17 bits per heavy atom. The molecule has 0 saturated heterocycles. The Kier molecular flexibility index (Phi) is 8.06. The first-order valence-corrected chi connectivity index (χ1v) is 11.6. The van der Waals surface area contributed by atoms with E-state index in [0.717, 1.165) is 34.7 Å². The largest absolute Gasteiger partial charge is 0.573 e. The average molecular weight is 464 g/mol. The zero-order valence-electron chi connectivity index (χ0n) is 16.8. The average Bonchev–Trinajstić information content (AvgIpc) is 2.63. The van der Waals surface area contributed by atoms with Gasteiger partial charge in [-0.15, -0.1) is 24.9 Å². The number of alkyl halides is 3. The molecule has 0 amide bonds. The number of phenols is 1. The second-order valence-electron chi connectivity index (χ2n) is 6.76. The predicted octanol–water partition coefficient (Wildman–Crippen LogP) is 5.18. The SMILES string of the molecule is CCCN(CC(C)Sc1ccc(O)c(C)c1)S(=O)(=O)c1ccc(OC(F)(F)F)cc1. The van der Waals surface area contributed by atoms with Gasteiger partial charge in [-0.05, 0) is 61.4 Å². The Morgan fingerprint density at radius 2 is 1.80 bits per heavy atom. The Hall–Kier alpha value is -1.91. The van der Waals surface area contributed by atoms with Crippen LogP contribution in [-0.4, -0.2) is 42.5 Å². The number of sulfonamides is 1. The molecule has 1 unspecified atom stereocenters. The van der Waals surface area contributed by atoms with Gasteiger partial charge in [0.1, 0.15) is 11.5 Å². The van der Waals surface area contributed by atoms with Gasteiger partial charge in [-0.1, -0.05) is 13.8 Å². The van der Waals surface area contributed by atoms with Crippen molar-refractivity contribution >= 4 is 21.8 Å². The van der Waals surface area contributed by atoms with E-state index in [1.807, 2.05) is 19.9 Å². The van der Waals surface area contributed by atoms with Crippen LogP contribution in [0.5, 0.6) is 11.5 Å². The molecule has 0 bridgehead atoms. The summed E-state index contributed by atoms with van der Waals surface area (Å²) in [6.45, 7) is 6.03. The van der Waals surface area contributed by atoms with E-state index >= 15 is 0 Å². The number of ether oxygens (including phenoxy) is 1. The molecule has 5 nitrogen and oxygen atoms in total. The van der Waals surface area contributed by atoms with E-state index in [0.29, 0.717) is 6.42 Å². The minimum Gasteiger partial charge on any atom is -0.508 e. The molecule has 30 heavy (non-hydrogen) atoms. The molecule has 2 rings (SSSR count). The highest BCUT2D eigenvalue weighted by Gasteiger charge is 2.31. The van der Waals surface area contributed by atoms with Gasteiger partial charge in [-0.2, -0.15) is 4.31 Å². The number of aromatic hydroxyl groups is 1. The van der Waals surface area contributed by atoms with Crippen molar-refractivity contribution in [2.24, 2.45) is 0 Å². The number of thioether (sulfide) groups is 1. The highest BCUT2D eigenvalue weighted by molar-refractivity contribution is 8.00. The van der Waals surface area contributed by atoms with Crippen molar-refractivity contribution < 1.29 is 31.4 Å². The molecule has 0 fully saturated rings. The minimum absolute atomic E-state index is 0.0943. The lowest BCUT2D eigenvalue weighted by molar-refractivity contribution is -0.274. The maximum atomic E-state index is 13.0. The molecule has 0 saturated carbocycles. The fourth-order valence-electron chi connectivity index (χ4n) is 2.78. The molecule has 0 spiro atoms. The van der Waals surface area contributed by atoms with Crippen LogP contribution in [0.15, 0.2) is 52.3 Å². The number of aryl methyl sites for hydroxylation is 1. The van der Waals surface area contributed by atoms with Crippen molar-refractivity contribution in [2.45, 2.75) is 48.6 Å². The summed E-state index contributed by atoms with van der Waals surface area (Å²) >= 11 is 1.48. The first-order valence-electron chi connectivity index (χ1n) is 9.24. The summed E-state index contributed by atoms with van der Waals surface area (Å²) in [4.78, 5) is 0.809. The van der Waals surface area contributed by atoms with Gasteiger partial charge in [0.15, 0.2) is 0 Å². The number of benzene rings is 2. The van der Waals surface area contributed by atoms with Crippen LogP contribution in [0.4, 0.5) is 13.2 Å². The van der Waals surface area contributed by atoms with E-state index in [-0.39, 0.29) is 29.0 Å². The van der Waals surface area contributed by atoms with Gasteiger partial charge < -0.3 is 9.84 Å². The number of nitrogens with zero attached hydrogens (tertiary/aromatic N) is 1. The second-order valence-corrected chi connectivity index (χ2v) is 10.2.